The zero-order chi connectivity index (χ0) is 20.7. The van der Waals surface area contributed by atoms with Gasteiger partial charge in [-0.05, 0) is 49.0 Å². The van der Waals surface area contributed by atoms with Crippen LogP contribution in [0.4, 0.5) is 0 Å². The molecule has 0 spiro atoms. The van der Waals surface area contributed by atoms with Gasteiger partial charge in [0.2, 0.25) is 11.8 Å². The van der Waals surface area contributed by atoms with Crippen LogP contribution in [0.25, 0.3) is 0 Å². The molecule has 5 N–H and O–H groups in total. The van der Waals surface area contributed by atoms with Gasteiger partial charge in [0, 0.05) is 13.0 Å². The first kappa shape index (κ1) is 22.0. The number of hydrogen-bond donors (Lipinski definition) is 4. The summed E-state index contributed by atoms with van der Waals surface area (Å²) in [6, 6.07) is 3.78. The van der Waals surface area contributed by atoms with E-state index in [0.29, 0.717) is 25.8 Å². The molecule has 1 aliphatic heterocycles. The largest absolute Gasteiger partial charge is 0.508 e. The van der Waals surface area contributed by atoms with Crippen molar-refractivity contribution in [3.63, 3.8) is 0 Å². The zero-order valence-corrected chi connectivity index (χ0v) is 16.7. The molecule has 3 atom stereocenters. The van der Waals surface area contributed by atoms with Crippen LogP contribution in [0.5, 0.6) is 5.75 Å². The number of aliphatic carboxylic acids is 1. The molecule has 1 aromatic rings. The van der Waals surface area contributed by atoms with Crippen molar-refractivity contribution in [3.8, 4) is 5.75 Å². The number of amides is 2. The average molecular weight is 410 g/mol. The molecule has 154 valence electrons. The Morgan fingerprint density at radius 1 is 1.32 bits per heavy atom. The molecule has 1 aliphatic rings. The standard InChI is InChI=1S/C19H27N3O5S/c1-28-10-8-14(20)17(24)21-15(11-12-4-6-13(23)7-5-12)18(25)22-9-2-3-16(22)19(26)27/h4-7,14-16,23H,2-3,8-11,20H2,1H3,(H,21,24)(H,26,27). The highest BCUT2D eigenvalue weighted by molar-refractivity contribution is 7.98. The fraction of sp³-hybridized carbons (Fsp3) is 0.526. The summed E-state index contributed by atoms with van der Waals surface area (Å²) in [6.07, 6.45) is 3.59. The Labute approximate surface area is 168 Å². The lowest BCUT2D eigenvalue weighted by molar-refractivity contribution is -0.149. The van der Waals surface area contributed by atoms with Gasteiger partial charge in [0.15, 0.2) is 0 Å². The van der Waals surface area contributed by atoms with Gasteiger partial charge in [-0.25, -0.2) is 4.79 Å². The van der Waals surface area contributed by atoms with E-state index in [2.05, 4.69) is 5.32 Å². The van der Waals surface area contributed by atoms with Crippen LogP contribution in [0.2, 0.25) is 0 Å². The second-order valence-electron chi connectivity index (χ2n) is 6.85. The number of nitrogens with one attached hydrogen (secondary N) is 1. The summed E-state index contributed by atoms with van der Waals surface area (Å²) in [4.78, 5) is 38.3. The average Bonchev–Trinajstić information content (AvgIpc) is 3.16. The summed E-state index contributed by atoms with van der Waals surface area (Å²) in [5, 5.41) is 21.5. The molecule has 0 radical (unpaired) electrons. The van der Waals surface area contributed by atoms with E-state index in [0.717, 1.165) is 11.3 Å². The maximum atomic E-state index is 13.1. The Bertz CT molecular complexity index is 697. The van der Waals surface area contributed by atoms with Gasteiger partial charge in [0.1, 0.15) is 17.8 Å². The van der Waals surface area contributed by atoms with E-state index in [4.69, 9.17) is 5.73 Å². The zero-order valence-electron chi connectivity index (χ0n) is 15.8. The van der Waals surface area contributed by atoms with Crippen molar-refractivity contribution >= 4 is 29.5 Å². The van der Waals surface area contributed by atoms with Crippen LogP contribution in [0.15, 0.2) is 24.3 Å². The molecule has 2 rings (SSSR count). The van der Waals surface area contributed by atoms with Gasteiger partial charge in [-0.15, -0.1) is 0 Å². The first-order valence-electron chi connectivity index (χ1n) is 9.19. The fourth-order valence-electron chi connectivity index (χ4n) is 3.21. The SMILES string of the molecule is CSCCC(N)C(=O)NC(Cc1ccc(O)cc1)C(=O)N1CCCC1C(=O)O. The van der Waals surface area contributed by atoms with Gasteiger partial charge >= 0.3 is 5.97 Å². The van der Waals surface area contributed by atoms with Crippen LogP contribution in [0, 0.1) is 0 Å². The van der Waals surface area contributed by atoms with E-state index >= 15 is 0 Å². The van der Waals surface area contributed by atoms with Gasteiger partial charge in [0.05, 0.1) is 6.04 Å². The first-order chi connectivity index (χ1) is 13.3. The first-order valence-corrected chi connectivity index (χ1v) is 10.6. The van der Waals surface area contributed by atoms with Gasteiger partial charge < -0.3 is 26.2 Å². The van der Waals surface area contributed by atoms with Crippen molar-refractivity contribution in [2.75, 3.05) is 18.6 Å². The Morgan fingerprint density at radius 3 is 2.61 bits per heavy atom. The number of benzene rings is 1. The number of carbonyl (C=O) groups excluding carboxylic acids is 2. The maximum Gasteiger partial charge on any atom is 0.326 e. The van der Waals surface area contributed by atoms with E-state index in [1.54, 1.807) is 23.9 Å². The molecule has 0 saturated carbocycles. The number of rotatable bonds is 9. The second kappa shape index (κ2) is 10.3. The minimum atomic E-state index is -1.04. The summed E-state index contributed by atoms with van der Waals surface area (Å²) < 4.78 is 0. The van der Waals surface area contributed by atoms with E-state index < -0.39 is 35.9 Å². The molecule has 1 aromatic carbocycles. The van der Waals surface area contributed by atoms with Crippen LogP contribution in [0.3, 0.4) is 0 Å². The molecule has 28 heavy (non-hydrogen) atoms. The third kappa shape index (κ3) is 5.87. The molecular weight excluding hydrogens is 382 g/mol. The van der Waals surface area contributed by atoms with Crippen LogP contribution in [-0.4, -0.2) is 69.6 Å². The molecule has 0 bridgehead atoms. The molecule has 1 fully saturated rings. The number of thioether (sulfide) groups is 1. The third-order valence-electron chi connectivity index (χ3n) is 4.78. The number of carbonyl (C=O) groups is 3. The van der Waals surface area contributed by atoms with Gasteiger partial charge in [-0.1, -0.05) is 12.1 Å². The Morgan fingerprint density at radius 2 is 2.00 bits per heavy atom. The van der Waals surface area contributed by atoms with E-state index in [9.17, 15) is 24.6 Å². The number of phenolic OH excluding ortho intramolecular Hbond substituents is 1. The lowest BCUT2D eigenvalue weighted by atomic mass is 10.0. The fourth-order valence-corrected chi connectivity index (χ4v) is 3.70. The Kier molecular flexibility index (Phi) is 8.13. The minimum absolute atomic E-state index is 0.0974. The van der Waals surface area contributed by atoms with Crippen LogP contribution in [-0.2, 0) is 20.8 Å². The monoisotopic (exact) mass is 409 g/mol. The number of nitrogens with zero attached hydrogens (tertiary/aromatic N) is 1. The summed E-state index contributed by atoms with van der Waals surface area (Å²) in [7, 11) is 0. The number of phenols is 1. The number of hydrogen-bond acceptors (Lipinski definition) is 6. The minimum Gasteiger partial charge on any atom is -0.508 e. The van der Waals surface area contributed by atoms with Crippen molar-refractivity contribution in [1.82, 2.24) is 10.2 Å². The molecule has 2 amide bonds. The number of carboxylic acid groups (broad SMARTS) is 1. The predicted octanol–water partition coefficient (Wildman–Crippen LogP) is 0.576. The third-order valence-corrected chi connectivity index (χ3v) is 5.43. The lowest BCUT2D eigenvalue weighted by Gasteiger charge is -2.28. The number of aromatic hydroxyl groups is 1. The number of nitrogens with two attached hydrogens (primary N) is 1. The van der Waals surface area contributed by atoms with Crippen molar-refractivity contribution in [2.45, 2.75) is 43.8 Å². The van der Waals surface area contributed by atoms with Crippen molar-refractivity contribution in [2.24, 2.45) is 5.73 Å². The van der Waals surface area contributed by atoms with E-state index in [1.807, 2.05) is 6.26 Å². The lowest BCUT2D eigenvalue weighted by Crippen LogP contribution is -2.55. The highest BCUT2D eigenvalue weighted by atomic mass is 32.2. The highest BCUT2D eigenvalue weighted by Gasteiger charge is 2.38. The number of likely N-dealkylation sites (tertiary alicyclic amines) is 1. The normalized spacial score (nSPS) is 18.5. The predicted molar refractivity (Wildman–Crippen MR) is 107 cm³/mol. The molecule has 0 aliphatic carbocycles. The van der Waals surface area contributed by atoms with Gasteiger partial charge in [-0.3, -0.25) is 9.59 Å². The molecule has 9 heteroatoms. The molecule has 1 saturated heterocycles. The Hall–Kier alpha value is -2.26. The summed E-state index contributed by atoms with van der Waals surface area (Å²) in [5.74, 6) is -1.09. The van der Waals surface area contributed by atoms with Gasteiger partial charge in [-0.2, -0.15) is 11.8 Å². The molecule has 8 nitrogen and oxygen atoms in total. The van der Waals surface area contributed by atoms with Gasteiger partial charge in [0.25, 0.3) is 0 Å². The summed E-state index contributed by atoms with van der Waals surface area (Å²) in [6.45, 7) is 0.344. The van der Waals surface area contributed by atoms with Crippen LogP contribution >= 0.6 is 11.8 Å². The van der Waals surface area contributed by atoms with E-state index in [-0.39, 0.29) is 12.2 Å². The number of carboxylic acids is 1. The van der Waals surface area contributed by atoms with Crippen molar-refractivity contribution in [1.29, 1.82) is 0 Å². The van der Waals surface area contributed by atoms with Crippen LogP contribution < -0.4 is 11.1 Å². The second-order valence-corrected chi connectivity index (χ2v) is 7.83. The highest BCUT2D eigenvalue weighted by Crippen LogP contribution is 2.20. The molecule has 0 aromatic heterocycles. The van der Waals surface area contributed by atoms with Crippen molar-refractivity contribution < 1.29 is 24.6 Å². The van der Waals surface area contributed by atoms with Crippen LogP contribution in [0.1, 0.15) is 24.8 Å². The molecule has 3 unspecified atom stereocenters. The Balaban J connectivity index is 2.17. The molecular formula is C19H27N3O5S. The van der Waals surface area contributed by atoms with Crippen molar-refractivity contribution in [3.05, 3.63) is 29.8 Å². The van der Waals surface area contributed by atoms with E-state index in [1.165, 1.54) is 17.0 Å². The molecule has 1 heterocycles. The smallest absolute Gasteiger partial charge is 0.326 e. The topological polar surface area (TPSA) is 133 Å². The summed E-state index contributed by atoms with van der Waals surface area (Å²) >= 11 is 1.58. The quantitative estimate of drug-likeness (QED) is 0.469. The summed E-state index contributed by atoms with van der Waals surface area (Å²) in [5.41, 5.74) is 6.65. The maximum absolute atomic E-state index is 13.1.